The van der Waals surface area contributed by atoms with Crippen LogP contribution in [0.1, 0.15) is 84.3 Å². The third kappa shape index (κ3) is 6.09. The number of carbonyl (C=O) groups excluding carboxylic acids is 5. The predicted molar refractivity (Wildman–Crippen MR) is 146 cm³/mol. The molecule has 2 aliphatic heterocycles. The second-order valence-corrected chi connectivity index (χ2v) is 12.7. The molecule has 1 unspecified atom stereocenters. The third-order valence-electron chi connectivity index (χ3n) is 6.18. The van der Waals surface area contributed by atoms with Crippen molar-refractivity contribution in [1.82, 2.24) is 9.80 Å². The fourth-order valence-electron chi connectivity index (χ4n) is 4.60. The van der Waals surface area contributed by atoms with Gasteiger partial charge in [-0.05, 0) is 65.2 Å². The van der Waals surface area contributed by atoms with E-state index in [9.17, 15) is 33.9 Å². The van der Waals surface area contributed by atoms with Crippen molar-refractivity contribution in [3.8, 4) is 0 Å². The molecule has 0 aliphatic carbocycles. The van der Waals surface area contributed by atoms with Crippen LogP contribution in [-0.4, -0.2) is 68.4 Å². The summed E-state index contributed by atoms with van der Waals surface area (Å²) in [5.74, 6) is -4.54. The molecular formula is C28H31N3O9S. The largest absolute Gasteiger partial charge is 0.465 e. The highest BCUT2D eigenvalue weighted by Crippen LogP contribution is 2.44. The van der Waals surface area contributed by atoms with Gasteiger partial charge in [-0.25, -0.2) is 14.4 Å². The van der Waals surface area contributed by atoms with Crippen LogP contribution in [0, 0.1) is 0 Å². The second-order valence-electron chi connectivity index (χ2n) is 11.6. The van der Waals surface area contributed by atoms with E-state index in [0.29, 0.717) is 16.7 Å². The zero-order valence-electron chi connectivity index (χ0n) is 23.5. The maximum Gasteiger partial charge on any atom is 0.408 e. The normalized spacial score (nSPS) is 16.5. The smallest absolute Gasteiger partial charge is 0.408 e. The van der Waals surface area contributed by atoms with Gasteiger partial charge in [0, 0.05) is 17.0 Å². The maximum atomic E-state index is 13.9. The van der Waals surface area contributed by atoms with Crippen LogP contribution in [0.15, 0.2) is 24.3 Å². The summed E-state index contributed by atoms with van der Waals surface area (Å²) in [6, 6.07) is 5.21. The second kappa shape index (κ2) is 10.6. The highest BCUT2D eigenvalue weighted by Gasteiger charge is 2.46. The molecule has 3 heterocycles. The number of nitrogens with one attached hydrogen (secondary N) is 1. The molecule has 12 nitrogen and oxygen atoms in total. The Hall–Kier alpha value is -4.26. The lowest BCUT2D eigenvalue weighted by Crippen LogP contribution is -2.48. The van der Waals surface area contributed by atoms with Crippen molar-refractivity contribution < 1.29 is 43.3 Å². The van der Waals surface area contributed by atoms with E-state index >= 15 is 0 Å². The fraction of sp³-hybridized carbons (Fsp3) is 0.429. The van der Waals surface area contributed by atoms with Gasteiger partial charge in [-0.2, -0.15) is 0 Å². The molecule has 4 rings (SSSR count). The van der Waals surface area contributed by atoms with E-state index in [-0.39, 0.29) is 35.0 Å². The Morgan fingerprint density at radius 1 is 1.00 bits per heavy atom. The maximum absolute atomic E-state index is 13.9. The first-order chi connectivity index (χ1) is 19.0. The highest BCUT2D eigenvalue weighted by atomic mass is 32.1. The van der Waals surface area contributed by atoms with Crippen LogP contribution in [0.25, 0.3) is 0 Å². The number of esters is 2. The van der Waals surface area contributed by atoms with E-state index in [4.69, 9.17) is 9.47 Å². The van der Waals surface area contributed by atoms with Gasteiger partial charge in [0.1, 0.15) is 22.2 Å². The summed E-state index contributed by atoms with van der Waals surface area (Å²) >= 11 is 0.777. The van der Waals surface area contributed by atoms with Crippen molar-refractivity contribution in [2.75, 3.05) is 11.9 Å². The van der Waals surface area contributed by atoms with E-state index in [1.165, 1.54) is 0 Å². The molecule has 1 aromatic carbocycles. The molecule has 0 bridgehead atoms. The lowest BCUT2D eigenvalue weighted by atomic mass is 9.96. The molecule has 4 amide bonds. The standard InChI is InChI=1S/C28H31N3O9S/c1-27(2,3)39-24(35)17-16-11-12-30(26(37)38)18(23(34)31-13-14-9-7-8-10-15(14)22(31)33)19(16)41-21(17)29-20(32)25(36)40-28(4,5)6/h7-10,18H,11-13H2,1-6H3,(H,29,32)(H,37,38). The Bertz CT molecular complexity index is 1460. The molecule has 0 fully saturated rings. The van der Waals surface area contributed by atoms with Gasteiger partial charge < -0.3 is 19.9 Å². The Labute approximate surface area is 240 Å². The molecule has 2 N–H and O–H groups in total. The topological polar surface area (TPSA) is 160 Å². The summed E-state index contributed by atoms with van der Waals surface area (Å²) in [4.78, 5) is 79.8. The number of carboxylic acid groups (broad SMARTS) is 1. The number of ether oxygens (including phenoxy) is 2. The molecule has 0 radical (unpaired) electrons. The van der Waals surface area contributed by atoms with Crippen molar-refractivity contribution in [1.29, 1.82) is 0 Å². The number of amides is 4. The summed E-state index contributed by atoms with van der Waals surface area (Å²) in [6.07, 6.45) is -1.38. The van der Waals surface area contributed by atoms with Crippen molar-refractivity contribution >= 4 is 52.1 Å². The van der Waals surface area contributed by atoms with Gasteiger partial charge >= 0.3 is 23.9 Å². The summed E-state index contributed by atoms with van der Waals surface area (Å²) in [5.41, 5.74) is -0.724. The number of carbonyl (C=O) groups is 6. The van der Waals surface area contributed by atoms with Crippen molar-refractivity contribution in [2.24, 2.45) is 0 Å². The van der Waals surface area contributed by atoms with Gasteiger partial charge in [0.15, 0.2) is 0 Å². The summed E-state index contributed by atoms with van der Waals surface area (Å²) in [7, 11) is 0. The number of hydrogen-bond donors (Lipinski definition) is 2. The zero-order chi connectivity index (χ0) is 30.4. The minimum atomic E-state index is -1.48. The Morgan fingerprint density at radius 3 is 2.22 bits per heavy atom. The molecule has 0 saturated carbocycles. The summed E-state index contributed by atoms with van der Waals surface area (Å²) in [6.45, 7) is 9.50. The van der Waals surface area contributed by atoms with Crippen LogP contribution in [0.4, 0.5) is 9.80 Å². The van der Waals surface area contributed by atoms with E-state index in [1.54, 1.807) is 65.8 Å². The van der Waals surface area contributed by atoms with Crippen molar-refractivity contribution in [3.63, 3.8) is 0 Å². The van der Waals surface area contributed by atoms with Crippen LogP contribution in [-0.2, 0) is 36.8 Å². The van der Waals surface area contributed by atoms with Gasteiger partial charge in [0.05, 0.1) is 12.1 Å². The van der Waals surface area contributed by atoms with Crippen LogP contribution in [0.3, 0.4) is 0 Å². The van der Waals surface area contributed by atoms with Gasteiger partial charge in [-0.3, -0.25) is 24.2 Å². The minimum absolute atomic E-state index is 0.0208. The van der Waals surface area contributed by atoms with E-state index in [0.717, 1.165) is 21.1 Å². The quantitative estimate of drug-likeness (QED) is 0.311. The third-order valence-corrected chi connectivity index (χ3v) is 7.38. The number of anilines is 1. The number of hydrogen-bond acceptors (Lipinski definition) is 9. The number of thiophene rings is 1. The first-order valence-electron chi connectivity index (χ1n) is 12.8. The molecule has 41 heavy (non-hydrogen) atoms. The fourth-order valence-corrected chi connectivity index (χ4v) is 5.94. The van der Waals surface area contributed by atoms with E-state index in [2.05, 4.69) is 5.32 Å². The number of imide groups is 1. The van der Waals surface area contributed by atoms with Gasteiger partial charge in [-0.1, -0.05) is 18.2 Å². The van der Waals surface area contributed by atoms with Crippen LogP contribution in [0.5, 0.6) is 0 Å². The Kier molecular flexibility index (Phi) is 7.69. The average Bonchev–Trinajstić information content (AvgIpc) is 3.38. The monoisotopic (exact) mass is 585 g/mol. The lowest BCUT2D eigenvalue weighted by molar-refractivity contribution is -0.161. The Morgan fingerprint density at radius 2 is 1.63 bits per heavy atom. The van der Waals surface area contributed by atoms with Crippen LogP contribution in [0.2, 0.25) is 0 Å². The summed E-state index contributed by atoms with van der Waals surface area (Å²) in [5, 5.41) is 12.3. The molecule has 0 spiro atoms. The Balaban J connectivity index is 1.79. The first-order valence-corrected chi connectivity index (χ1v) is 13.7. The predicted octanol–water partition coefficient (Wildman–Crippen LogP) is 3.74. The van der Waals surface area contributed by atoms with Crippen LogP contribution < -0.4 is 5.32 Å². The lowest BCUT2D eigenvalue weighted by Gasteiger charge is -2.34. The van der Waals surface area contributed by atoms with E-state index in [1.807, 2.05) is 0 Å². The average molecular weight is 586 g/mol. The molecule has 13 heteroatoms. The number of nitrogens with zero attached hydrogens (tertiary/aromatic N) is 2. The minimum Gasteiger partial charge on any atom is -0.465 e. The number of benzene rings is 1. The molecule has 0 saturated heterocycles. The first kappa shape index (κ1) is 29.7. The molecule has 1 aromatic heterocycles. The summed E-state index contributed by atoms with van der Waals surface area (Å²) < 4.78 is 10.7. The molecule has 218 valence electrons. The van der Waals surface area contributed by atoms with Crippen molar-refractivity contribution in [2.45, 2.75) is 71.8 Å². The molecule has 1 atom stereocenters. The number of fused-ring (bicyclic) bond motifs is 2. The zero-order valence-corrected chi connectivity index (χ0v) is 24.3. The van der Waals surface area contributed by atoms with E-state index < -0.39 is 53.0 Å². The van der Waals surface area contributed by atoms with Gasteiger partial charge in [0.25, 0.3) is 11.8 Å². The van der Waals surface area contributed by atoms with Gasteiger partial charge in [-0.15, -0.1) is 11.3 Å². The highest BCUT2D eigenvalue weighted by molar-refractivity contribution is 7.17. The van der Waals surface area contributed by atoms with Gasteiger partial charge in [0.2, 0.25) is 0 Å². The number of rotatable bonds is 3. The van der Waals surface area contributed by atoms with Crippen molar-refractivity contribution in [3.05, 3.63) is 51.4 Å². The molecule has 2 aliphatic rings. The molecule has 2 aromatic rings. The van der Waals surface area contributed by atoms with Crippen LogP contribution >= 0.6 is 11.3 Å². The SMILES string of the molecule is CC(C)(C)OC(=O)C(=O)Nc1sc2c(c1C(=O)OC(C)(C)C)CCN(C(=O)O)C2C(=O)N1Cc2ccccc2C1=O. The molecular weight excluding hydrogens is 554 g/mol.